The van der Waals surface area contributed by atoms with Crippen molar-refractivity contribution in [3.8, 4) is 0 Å². The van der Waals surface area contributed by atoms with Gasteiger partial charge in [0.05, 0.1) is 11.9 Å². The third-order valence-electron chi connectivity index (χ3n) is 6.28. The quantitative estimate of drug-likeness (QED) is 0.356. The number of hydrogen-bond acceptors (Lipinski definition) is 4. The number of anilines is 1. The number of hydrogen-bond donors (Lipinski definition) is 1. The third-order valence-corrected chi connectivity index (χ3v) is 7.64. The lowest BCUT2D eigenvalue weighted by atomic mass is 10.0. The predicted molar refractivity (Wildman–Crippen MR) is 157 cm³/mol. The summed E-state index contributed by atoms with van der Waals surface area (Å²) in [5, 5.41) is 3.41. The third kappa shape index (κ3) is 8.57. The number of aryl methyl sites for hydroxylation is 2. The summed E-state index contributed by atoms with van der Waals surface area (Å²) in [5.74, 6) is -0.793. The lowest BCUT2D eigenvalue weighted by Crippen LogP contribution is -2.54. The largest absolute Gasteiger partial charge is 0.352 e. The Morgan fingerprint density at radius 3 is 2.13 bits per heavy atom. The minimum absolute atomic E-state index is 0.138. The maximum atomic E-state index is 14.1. The Balaban J connectivity index is 2.07. The van der Waals surface area contributed by atoms with Gasteiger partial charge in [0.2, 0.25) is 21.8 Å². The maximum Gasteiger partial charge on any atom is 0.244 e. The fourth-order valence-corrected chi connectivity index (χ4v) is 5.45. The van der Waals surface area contributed by atoms with Gasteiger partial charge in [-0.25, -0.2) is 8.42 Å². The molecular weight excluding hydrogens is 534 g/mol. The molecule has 0 aromatic heterocycles. The van der Waals surface area contributed by atoms with Crippen LogP contribution < -0.4 is 9.62 Å². The number of carbonyl (C=O) groups is 2. The van der Waals surface area contributed by atoms with Crippen LogP contribution in [0.25, 0.3) is 0 Å². The molecule has 39 heavy (non-hydrogen) atoms. The van der Waals surface area contributed by atoms with Crippen molar-refractivity contribution < 1.29 is 18.0 Å². The number of carbonyl (C=O) groups excluding carboxylic acids is 2. The molecule has 1 unspecified atom stereocenters. The van der Waals surface area contributed by atoms with Crippen molar-refractivity contribution in [1.82, 2.24) is 10.2 Å². The van der Waals surface area contributed by atoms with Crippen molar-refractivity contribution in [2.45, 2.75) is 52.7 Å². The smallest absolute Gasteiger partial charge is 0.244 e. The van der Waals surface area contributed by atoms with Crippen LogP contribution in [-0.4, -0.2) is 50.0 Å². The van der Waals surface area contributed by atoms with E-state index >= 15 is 0 Å². The van der Waals surface area contributed by atoms with E-state index in [-0.39, 0.29) is 24.9 Å². The highest BCUT2D eigenvalue weighted by molar-refractivity contribution is 7.92. The van der Waals surface area contributed by atoms with Gasteiger partial charge in [-0.1, -0.05) is 71.8 Å². The summed E-state index contributed by atoms with van der Waals surface area (Å²) < 4.78 is 26.9. The van der Waals surface area contributed by atoms with E-state index in [9.17, 15) is 18.0 Å². The van der Waals surface area contributed by atoms with E-state index in [4.69, 9.17) is 11.6 Å². The van der Waals surface area contributed by atoms with Crippen molar-refractivity contribution in [3.63, 3.8) is 0 Å². The van der Waals surface area contributed by atoms with Gasteiger partial charge in [0.15, 0.2) is 0 Å². The van der Waals surface area contributed by atoms with Crippen LogP contribution in [0.3, 0.4) is 0 Å². The topological polar surface area (TPSA) is 86.8 Å². The lowest BCUT2D eigenvalue weighted by molar-refractivity contribution is -0.140. The summed E-state index contributed by atoms with van der Waals surface area (Å²) in [7, 11) is -3.84. The van der Waals surface area contributed by atoms with Gasteiger partial charge in [-0.15, -0.1) is 0 Å². The van der Waals surface area contributed by atoms with E-state index in [0.29, 0.717) is 16.3 Å². The number of sulfonamides is 1. The molecule has 208 valence electrons. The lowest BCUT2D eigenvalue weighted by Gasteiger charge is -2.34. The molecule has 0 aliphatic heterocycles. The summed E-state index contributed by atoms with van der Waals surface area (Å²) in [6, 6.07) is 21.0. The van der Waals surface area contributed by atoms with Crippen molar-refractivity contribution in [2.75, 3.05) is 17.1 Å². The Kier molecular flexibility index (Phi) is 10.2. The van der Waals surface area contributed by atoms with Crippen LogP contribution in [0, 0.1) is 13.8 Å². The fraction of sp³-hybridized carbons (Fsp3) is 0.333. The van der Waals surface area contributed by atoms with Crippen molar-refractivity contribution in [2.24, 2.45) is 0 Å². The van der Waals surface area contributed by atoms with Gasteiger partial charge in [0.25, 0.3) is 0 Å². The predicted octanol–water partition coefficient (Wildman–Crippen LogP) is 4.89. The molecule has 0 aliphatic carbocycles. The molecule has 0 bridgehead atoms. The van der Waals surface area contributed by atoms with E-state index in [1.165, 1.54) is 4.90 Å². The molecule has 0 saturated carbocycles. The summed E-state index contributed by atoms with van der Waals surface area (Å²) in [4.78, 5) is 29.1. The molecule has 0 saturated heterocycles. The molecule has 0 fully saturated rings. The fourth-order valence-electron chi connectivity index (χ4n) is 4.32. The minimum Gasteiger partial charge on any atom is -0.352 e. The Bertz CT molecular complexity index is 1390. The van der Waals surface area contributed by atoms with E-state index in [0.717, 1.165) is 27.3 Å². The van der Waals surface area contributed by atoms with Gasteiger partial charge in [-0.3, -0.25) is 13.9 Å². The molecule has 0 radical (unpaired) electrons. The van der Waals surface area contributed by atoms with Crippen LogP contribution in [0.5, 0.6) is 0 Å². The number of nitrogens with zero attached hydrogens (tertiary/aromatic N) is 2. The van der Waals surface area contributed by atoms with Crippen LogP contribution in [0.15, 0.2) is 72.8 Å². The number of benzene rings is 3. The Labute approximate surface area is 236 Å². The molecule has 0 aliphatic rings. The molecule has 3 rings (SSSR count). The normalized spacial score (nSPS) is 12.2. The van der Waals surface area contributed by atoms with Crippen LogP contribution in [0.2, 0.25) is 5.02 Å². The summed E-state index contributed by atoms with van der Waals surface area (Å²) in [5.41, 5.74) is 3.76. The van der Waals surface area contributed by atoms with Gasteiger partial charge in [-0.2, -0.15) is 0 Å². The first-order chi connectivity index (χ1) is 18.3. The monoisotopic (exact) mass is 569 g/mol. The van der Waals surface area contributed by atoms with Gasteiger partial charge < -0.3 is 10.2 Å². The zero-order chi connectivity index (χ0) is 28.7. The zero-order valence-electron chi connectivity index (χ0n) is 23.0. The van der Waals surface area contributed by atoms with E-state index in [1.54, 1.807) is 25.1 Å². The van der Waals surface area contributed by atoms with Crippen LogP contribution >= 0.6 is 11.6 Å². The molecule has 1 N–H and O–H groups in total. The highest BCUT2D eigenvalue weighted by atomic mass is 35.5. The van der Waals surface area contributed by atoms with Gasteiger partial charge in [0.1, 0.15) is 12.6 Å². The van der Waals surface area contributed by atoms with Crippen LogP contribution in [-0.2, 0) is 32.6 Å². The first kappa shape index (κ1) is 30.2. The molecule has 1 atom stereocenters. The SMILES string of the molecule is Cc1ccc(CN(C(=O)CN(c2ccc(Cl)cc2C)S(C)(=O)=O)C(Cc2ccccc2)C(=O)NC(C)C)cc1. The minimum atomic E-state index is -3.84. The zero-order valence-corrected chi connectivity index (χ0v) is 24.6. The first-order valence-corrected chi connectivity index (χ1v) is 15.0. The molecule has 7 nitrogen and oxygen atoms in total. The summed E-state index contributed by atoms with van der Waals surface area (Å²) in [6.45, 7) is 7.10. The Morgan fingerprint density at radius 2 is 1.56 bits per heavy atom. The second-order valence-corrected chi connectivity index (χ2v) is 12.4. The van der Waals surface area contributed by atoms with E-state index in [2.05, 4.69) is 5.32 Å². The number of nitrogens with one attached hydrogen (secondary N) is 1. The molecule has 2 amide bonds. The van der Waals surface area contributed by atoms with Gasteiger partial charge in [0, 0.05) is 24.0 Å². The van der Waals surface area contributed by atoms with Crippen LogP contribution in [0.4, 0.5) is 5.69 Å². The second kappa shape index (κ2) is 13.1. The summed E-state index contributed by atoms with van der Waals surface area (Å²) in [6.07, 6.45) is 1.33. The van der Waals surface area contributed by atoms with Crippen molar-refractivity contribution in [1.29, 1.82) is 0 Å². The van der Waals surface area contributed by atoms with Gasteiger partial charge in [-0.05, 0) is 62.6 Å². The second-order valence-electron chi connectivity index (χ2n) is 10.1. The molecular formula is C30H36ClN3O4S. The first-order valence-electron chi connectivity index (χ1n) is 12.8. The number of halogens is 1. The molecule has 0 spiro atoms. The van der Waals surface area contributed by atoms with Crippen molar-refractivity contribution in [3.05, 3.63) is 100 Å². The highest BCUT2D eigenvalue weighted by Crippen LogP contribution is 2.26. The van der Waals surface area contributed by atoms with Crippen molar-refractivity contribution >= 4 is 39.1 Å². The Hall–Kier alpha value is -3.36. The standard InChI is InChI=1S/C30H36ClN3O4S/c1-21(2)32-30(36)28(18-24-9-7-6-8-10-24)33(19-25-13-11-22(3)12-14-25)29(35)20-34(39(5,37)38)27-16-15-26(31)17-23(27)4/h6-17,21,28H,18-20H2,1-5H3,(H,32,36). The van der Waals surface area contributed by atoms with E-state index in [1.807, 2.05) is 75.4 Å². The maximum absolute atomic E-state index is 14.1. The average Bonchev–Trinajstić information content (AvgIpc) is 2.85. The van der Waals surface area contributed by atoms with Crippen LogP contribution in [0.1, 0.15) is 36.1 Å². The molecule has 9 heteroatoms. The number of amides is 2. The molecule has 3 aromatic carbocycles. The number of rotatable bonds is 11. The molecule has 3 aromatic rings. The Morgan fingerprint density at radius 1 is 0.923 bits per heavy atom. The molecule has 0 heterocycles. The average molecular weight is 570 g/mol. The van der Waals surface area contributed by atoms with E-state index < -0.39 is 28.5 Å². The van der Waals surface area contributed by atoms with Gasteiger partial charge >= 0.3 is 0 Å². The highest BCUT2D eigenvalue weighted by Gasteiger charge is 2.33. The summed E-state index contributed by atoms with van der Waals surface area (Å²) >= 11 is 6.10.